The Kier molecular flexibility index (Phi) is 3.18. The van der Waals surface area contributed by atoms with E-state index in [1.807, 2.05) is 0 Å². The van der Waals surface area contributed by atoms with Crippen LogP contribution in [0.25, 0.3) is 0 Å². The van der Waals surface area contributed by atoms with Crippen LogP contribution in [0.2, 0.25) is 0 Å². The number of carbonyl (C=O) groups is 4. The van der Waals surface area contributed by atoms with Crippen LogP contribution in [0.15, 0.2) is 0 Å². The summed E-state index contributed by atoms with van der Waals surface area (Å²) in [6.45, 7) is 2.43. The number of carbonyl (C=O) groups excluding carboxylic acids is 4. The van der Waals surface area contributed by atoms with Crippen molar-refractivity contribution in [1.82, 2.24) is 10.2 Å². The van der Waals surface area contributed by atoms with E-state index < -0.39 is 23.8 Å². The van der Waals surface area contributed by atoms with Crippen molar-refractivity contribution in [3.63, 3.8) is 0 Å². The molecule has 0 aromatic carbocycles. The second-order valence-electron chi connectivity index (χ2n) is 3.37. The number of hydrogen-bond donors (Lipinski definition) is 1. The Morgan fingerprint density at radius 1 is 1.27 bits per heavy atom. The van der Waals surface area contributed by atoms with Gasteiger partial charge in [0.15, 0.2) is 0 Å². The van der Waals surface area contributed by atoms with Crippen molar-refractivity contribution in [1.29, 1.82) is 0 Å². The lowest BCUT2D eigenvalue weighted by molar-refractivity contribution is -0.153. The van der Waals surface area contributed by atoms with E-state index in [9.17, 15) is 19.2 Å². The molecule has 0 aromatic rings. The van der Waals surface area contributed by atoms with Crippen LogP contribution in [0.5, 0.6) is 0 Å². The van der Waals surface area contributed by atoms with Gasteiger partial charge in [-0.05, 0) is 6.42 Å². The maximum atomic E-state index is 11.4. The lowest BCUT2D eigenvalue weighted by atomic mass is 10.0. The summed E-state index contributed by atoms with van der Waals surface area (Å²) in [7, 11) is 0. The minimum Gasteiger partial charge on any atom is -0.295 e. The van der Waals surface area contributed by atoms with Gasteiger partial charge in [-0.2, -0.15) is 0 Å². The highest BCUT2D eigenvalue weighted by Crippen LogP contribution is 2.12. The first kappa shape index (κ1) is 11.4. The van der Waals surface area contributed by atoms with E-state index >= 15 is 0 Å². The highest BCUT2D eigenvalue weighted by atomic mass is 16.2. The van der Waals surface area contributed by atoms with Gasteiger partial charge in [0.1, 0.15) is 6.04 Å². The van der Waals surface area contributed by atoms with E-state index in [0.29, 0.717) is 0 Å². The first-order valence-electron chi connectivity index (χ1n) is 4.57. The van der Waals surface area contributed by atoms with Crippen LogP contribution < -0.4 is 5.32 Å². The molecule has 1 rings (SSSR count). The Balaban J connectivity index is 2.85. The van der Waals surface area contributed by atoms with E-state index in [1.165, 1.54) is 13.8 Å². The zero-order valence-corrected chi connectivity index (χ0v) is 8.57. The Labute approximate surface area is 86.6 Å². The second kappa shape index (κ2) is 4.20. The molecule has 1 aliphatic rings. The van der Waals surface area contributed by atoms with Crippen LogP contribution in [0.1, 0.15) is 26.7 Å². The number of piperidine rings is 1. The number of amides is 4. The molecule has 1 unspecified atom stereocenters. The second-order valence-corrected chi connectivity index (χ2v) is 3.37. The molecule has 1 N–H and O–H groups in total. The first-order chi connectivity index (χ1) is 6.93. The quantitative estimate of drug-likeness (QED) is 0.576. The van der Waals surface area contributed by atoms with Gasteiger partial charge < -0.3 is 0 Å². The fourth-order valence-electron chi connectivity index (χ4n) is 1.59. The molecule has 1 fully saturated rings. The van der Waals surface area contributed by atoms with Crippen molar-refractivity contribution in [3.05, 3.63) is 0 Å². The van der Waals surface area contributed by atoms with Gasteiger partial charge in [-0.15, -0.1) is 0 Å². The molecule has 1 heterocycles. The molecule has 0 aliphatic carbocycles. The molecule has 1 saturated heterocycles. The summed E-state index contributed by atoms with van der Waals surface area (Å²) in [5.74, 6) is -1.94. The maximum Gasteiger partial charge on any atom is 0.249 e. The molecule has 0 bridgehead atoms. The summed E-state index contributed by atoms with van der Waals surface area (Å²) in [4.78, 5) is 45.4. The lowest BCUT2D eigenvalue weighted by Crippen LogP contribution is -2.55. The summed E-state index contributed by atoms with van der Waals surface area (Å²) in [5.41, 5.74) is 0. The van der Waals surface area contributed by atoms with E-state index in [0.717, 1.165) is 4.90 Å². The fraction of sp³-hybridized carbons (Fsp3) is 0.556. The summed E-state index contributed by atoms with van der Waals surface area (Å²) < 4.78 is 0. The van der Waals surface area contributed by atoms with Gasteiger partial charge >= 0.3 is 0 Å². The summed E-state index contributed by atoms with van der Waals surface area (Å²) in [6, 6.07) is -0.849. The molecule has 0 saturated carbocycles. The van der Waals surface area contributed by atoms with Gasteiger partial charge in [0, 0.05) is 20.3 Å². The molecule has 82 valence electrons. The molecule has 4 amide bonds. The van der Waals surface area contributed by atoms with Crippen LogP contribution in [-0.2, 0) is 19.2 Å². The number of nitrogens with zero attached hydrogens (tertiary/aromatic N) is 1. The largest absolute Gasteiger partial charge is 0.295 e. The Bertz CT molecular complexity index is 323. The number of nitrogens with one attached hydrogen (secondary N) is 1. The van der Waals surface area contributed by atoms with Gasteiger partial charge in [0.05, 0.1) is 0 Å². The predicted molar refractivity (Wildman–Crippen MR) is 49.4 cm³/mol. The molecule has 0 aromatic heterocycles. The summed E-state index contributed by atoms with van der Waals surface area (Å²) in [6.07, 6.45) is 0.345. The standard InChI is InChI=1S/C9H12N2O4/c1-5(12)11(6(2)13)7-3-4-8(14)10-9(7)15/h7H,3-4H2,1-2H3,(H,10,14,15). The van der Waals surface area contributed by atoms with Crippen molar-refractivity contribution in [3.8, 4) is 0 Å². The van der Waals surface area contributed by atoms with Crippen LogP contribution in [0.4, 0.5) is 0 Å². The zero-order chi connectivity index (χ0) is 11.6. The highest BCUT2D eigenvalue weighted by molar-refractivity contribution is 6.05. The molecule has 15 heavy (non-hydrogen) atoms. The smallest absolute Gasteiger partial charge is 0.249 e. The molecule has 1 atom stereocenters. The molecular weight excluding hydrogens is 200 g/mol. The van der Waals surface area contributed by atoms with Crippen LogP contribution in [0.3, 0.4) is 0 Å². The summed E-state index contributed by atoms with van der Waals surface area (Å²) in [5, 5.41) is 2.10. The number of hydrogen-bond acceptors (Lipinski definition) is 4. The minimum atomic E-state index is -0.849. The van der Waals surface area contributed by atoms with E-state index in [4.69, 9.17) is 0 Å². The monoisotopic (exact) mass is 212 g/mol. The third-order valence-electron chi connectivity index (χ3n) is 2.20. The van der Waals surface area contributed by atoms with E-state index in [1.54, 1.807) is 0 Å². The molecule has 0 spiro atoms. The third-order valence-corrected chi connectivity index (χ3v) is 2.20. The number of rotatable bonds is 1. The van der Waals surface area contributed by atoms with Crippen LogP contribution >= 0.6 is 0 Å². The highest BCUT2D eigenvalue weighted by Gasteiger charge is 2.35. The third kappa shape index (κ3) is 2.39. The SMILES string of the molecule is CC(=O)N(C(C)=O)C1CCC(=O)NC1=O. The first-order valence-corrected chi connectivity index (χ1v) is 4.57. The van der Waals surface area contributed by atoms with Gasteiger partial charge in [-0.3, -0.25) is 29.4 Å². The molecule has 6 nitrogen and oxygen atoms in total. The average molecular weight is 212 g/mol. The molecule has 0 radical (unpaired) electrons. The minimum absolute atomic E-state index is 0.146. The molecule has 1 aliphatic heterocycles. The van der Waals surface area contributed by atoms with Crippen LogP contribution in [-0.4, -0.2) is 34.6 Å². The lowest BCUT2D eigenvalue weighted by Gasteiger charge is -2.29. The van der Waals surface area contributed by atoms with Gasteiger partial charge in [0.2, 0.25) is 23.6 Å². The van der Waals surface area contributed by atoms with E-state index in [2.05, 4.69) is 5.32 Å². The van der Waals surface area contributed by atoms with E-state index in [-0.39, 0.29) is 18.7 Å². The van der Waals surface area contributed by atoms with Gasteiger partial charge in [0.25, 0.3) is 0 Å². The topological polar surface area (TPSA) is 83.6 Å². The predicted octanol–water partition coefficient (Wildman–Crippen LogP) is -0.813. The van der Waals surface area contributed by atoms with Crippen molar-refractivity contribution in [2.75, 3.05) is 0 Å². The molecule has 6 heteroatoms. The van der Waals surface area contributed by atoms with Crippen LogP contribution in [0, 0.1) is 0 Å². The average Bonchev–Trinajstić information content (AvgIpc) is 2.08. The number of imide groups is 2. The van der Waals surface area contributed by atoms with Gasteiger partial charge in [-0.25, -0.2) is 0 Å². The maximum absolute atomic E-state index is 11.4. The Hall–Kier alpha value is -1.72. The Morgan fingerprint density at radius 2 is 1.80 bits per heavy atom. The fourth-order valence-corrected chi connectivity index (χ4v) is 1.59. The van der Waals surface area contributed by atoms with Crippen molar-refractivity contribution in [2.45, 2.75) is 32.7 Å². The van der Waals surface area contributed by atoms with Crippen molar-refractivity contribution < 1.29 is 19.2 Å². The van der Waals surface area contributed by atoms with Crippen molar-refractivity contribution >= 4 is 23.6 Å². The van der Waals surface area contributed by atoms with Gasteiger partial charge in [-0.1, -0.05) is 0 Å². The zero-order valence-electron chi connectivity index (χ0n) is 8.57. The normalized spacial score (nSPS) is 20.8. The summed E-state index contributed by atoms with van der Waals surface area (Å²) >= 11 is 0. The molecular formula is C9H12N2O4. The Morgan fingerprint density at radius 3 is 2.20 bits per heavy atom. The van der Waals surface area contributed by atoms with Crippen molar-refractivity contribution in [2.24, 2.45) is 0 Å².